The van der Waals surface area contributed by atoms with E-state index in [1.165, 1.54) is 98.6 Å². The van der Waals surface area contributed by atoms with Crippen LogP contribution in [0.5, 0.6) is 0 Å². The molecule has 12 aromatic carbocycles. The lowest BCUT2D eigenvalue weighted by atomic mass is 9.72. The van der Waals surface area contributed by atoms with E-state index in [1.807, 2.05) is 0 Å². The Hall–Kier alpha value is -8.46. The van der Waals surface area contributed by atoms with Gasteiger partial charge in [0.2, 0.25) is 0 Å². The summed E-state index contributed by atoms with van der Waals surface area (Å²) in [7, 11) is 0. The summed E-state index contributed by atoms with van der Waals surface area (Å²) >= 11 is 0. The zero-order valence-corrected chi connectivity index (χ0v) is 37.5. The Morgan fingerprint density at radius 2 is 0.821 bits per heavy atom. The van der Waals surface area contributed by atoms with Crippen LogP contribution in [-0.2, 0) is 5.41 Å². The standard InChI is InChI=1S/C65H46N2/c1-65(2)59-26-14-15-27-61(59)67(62-38-33-49(41-60(62)65)48-29-28-44-18-6-7-20-47(44)40-48)64-52-21-9-8-19-46(52)32-39-63(64)66(50-34-30-45(31-35-50)43-16-4-3-5-17-43)51-36-37-57-55-24-11-10-22-53(55)54-23-12-13-25-56(54)58(57)42-51/h3-42H,1-2H3. The van der Waals surface area contributed by atoms with Crippen LogP contribution in [0, 0.1) is 0 Å². The molecule has 1 aliphatic heterocycles. The van der Waals surface area contributed by atoms with Gasteiger partial charge in [0.15, 0.2) is 0 Å². The summed E-state index contributed by atoms with van der Waals surface area (Å²) in [5.74, 6) is 0. The molecule has 0 spiro atoms. The van der Waals surface area contributed by atoms with Crippen molar-refractivity contribution < 1.29 is 0 Å². The maximum Gasteiger partial charge on any atom is 0.0781 e. The third-order valence-corrected chi connectivity index (χ3v) is 14.4. The Kier molecular flexibility index (Phi) is 8.91. The zero-order chi connectivity index (χ0) is 44.6. The number of nitrogens with zero attached hydrogens (tertiary/aromatic N) is 2. The molecule has 0 N–H and O–H groups in total. The quantitative estimate of drug-likeness (QED) is 0.154. The van der Waals surface area contributed by atoms with Gasteiger partial charge in [-0.1, -0.05) is 202 Å². The van der Waals surface area contributed by atoms with Gasteiger partial charge in [0, 0.05) is 22.2 Å². The predicted molar refractivity (Wildman–Crippen MR) is 286 cm³/mol. The number of para-hydroxylation sites is 1. The first kappa shape index (κ1) is 39.0. The molecule has 0 saturated heterocycles. The van der Waals surface area contributed by atoms with Gasteiger partial charge in [0.05, 0.1) is 22.7 Å². The van der Waals surface area contributed by atoms with Crippen LogP contribution in [0.15, 0.2) is 243 Å². The fraction of sp³-hybridized carbons (Fsp3) is 0.0462. The Labute approximate surface area is 391 Å². The topological polar surface area (TPSA) is 6.48 Å². The highest BCUT2D eigenvalue weighted by Gasteiger charge is 2.39. The summed E-state index contributed by atoms with van der Waals surface area (Å²) in [6.45, 7) is 4.78. The highest BCUT2D eigenvalue weighted by atomic mass is 15.2. The number of benzene rings is 12. The van der Waals surface area contributed by atoms with Gasteiger partial charge in [-0.3, -0.25) is 0 Å². The van der Waals surface area contributed by atoms with Crippen molar-refractivity contribution in [3.8, 4) is 22.3 Å². The lowest BCUT2D eigenvalue weighted by Gasteiger charge is -2.44. The highest BCUT2D eigenvalue weighted by molar-refractivity contribution is 6.26. The summed E-state index contributed by atoms with van der Waals surface area (Å²) in [4.78, 5) is 5.05. The molecule has 0 aliphatic carbocycles. The third-order valence-electron chi connectivity index (χ3n) is 14.4. The molecule has 0 amide bonds. The van der Waals surface area contributed by atoms with E-state index in [0.717, 1.165) is 22.7 Å². The second-order valence-electron chi connectivity index (χ2n) is 18.5. The number of hydrogen-bond acceptors (Lipinski definition) is 2. The summed E-state index contributed by atoms with van der Waals surface area (Å²) < 4.78 is 0. The van der Waals surface area contributed by atoms with Crippen LogP contribution >= 0.6 is 0 Å². The molecule has 12 aromatic rings. The van der Waals surface area contributed by atoms with Crippen molar-refractivity contribution in [1.82, 2.24) is 0 Å². The molecule has 1 heterocycles. The van der Waals surface area contributed by atoms with Gasteiger partial charge in [-0.2, -0.15) is 0 Å². The van der Waals surface area contributed by atoms with Crippen LogP contribution in [0.3, 0.4) is 0 Å². The molecule has 0 fully saturated rings. The molecule has 1 aliphatic rings. The molecule has 0 atom stereocenters. The molecule has 0 bridgehead atoms. The van der Waals surface area contributed by atoms with Gasteiger partial charge in [-0.15, -0.1) is 0 Å². The van der Waals surface area contributed by atoms with Crippen LogP contribution in [0.4, 0.5) is 34.1 Å². The monoisotopic (exact) mass is 854 g/mol. The Morgan fingerprint density at radius 1 is 0.313 bits per heavy atom. The molecule has 2 nitrogen and oxygen atoms in total. The van der Waals surface area contributed by atoms with Crippen molar-refractivity contribution in [2.24, 2.45) is 0 Å². The molecule has 2 heteroatoms. The second-order valence-corrected chi connectivity index (χ2v) is 18.5. The van der Waals surface area contributed by atoms with Crippen LogP contribution in [0.1, 0.15) is 25.0 Å². The molecule has 67 heavy (non-hydrogen) atoms. The molecule has 13 rings (SSSR count). The largest absolute Gasteiger partial charge is 0.308 e. The van der Waals surface area contributed by atoms with Crippen LogP contribution < -0.4 is 9.80 Å². The molecule has 0 unspecified atom stereocenters. The number of anilines is 6. The lowest BCUT2D eigenvalue weighted by molar-refractivity contribution is 0.632. The minimum atomic E-state index is -0.283. The average Bonchev–Trinajstić information content (AvgIpc) is 3.39. The van der Waals surface area contributed by atoms with E-state index < -0.39 is 0 Å². The Balaban J connectivity index is 1.09. The van der Waals surface area contributed by atoms with Crippen LogP contribution in [0.2, 0.25) is 0 Å². The Morgan fingerprint density at radius 3 is 1.57 bits per heavy atom. The first-order chi connectivity index (χ1) is 33.0. The third kappa shape index (κ3) is 6.25. The SMILES string of the molecule is CC1(C)c2ccccc2N(c2c(N(c3ccc(-c4ccccc4)cc3)c3ccc4c5ccccc5c5ccccc5c4c3)ccc3ccccc23)c2ccc(-c3ccc4ccccc4c3)cc21. The van der Waals surface area contributed by atoms with E-state index in [0.29, 0.717) is 0 Å². The van der Waals surface area contributed by atoms with Crippen LogP contribution in [-0.4, -0.2) is 0 Å². The maximum atomic E-state index is 2.56. The average molecular weight is 855 g/mol. The minimum absolute atomic E-state index is 0.283. The van der Waals surface area contributed by atoms with E-state index in [9.17, 15) is 0 Å². The van der Waals surface area contributed by atoms with Crippen LogP contribution in [0.25, 0.3) is 76.1 Å². The van der Waals surface area contributed by atoms with Crippen molar-refractivity contribution >= 4 is 88.0 Å². The Bertz CT molecular complexity index is 3870. The maximum absolute atomic E-state index is 2.56. The lowest BCUT2D eigenvalue weighted by Crippen LogP contribution is -2.31. The molecule has 0 radical (unpaired) electrons. The summed E-state index contributed by atoms with van der Waals surface area (Å²) in [6, 6.07) is 89.8. The minimum Gasteiger partial charge on any atom is -0.308 e. The number of hydrogen-bond donors (Lipinski definition) is 0. The molecular weight excluding hydrogens is 809 g/mol. The zero-order valence-electron chi connectivity index (χ0n) is 37.5. The summed E-state index contributed by atoms with van der Waals surface area (Å²) in [5, 5.41) is 12.4. The first-order valence-corrected chi connectivity index (χ1v) is 23.3. The van der Waals surface area contributed by atoms with Gasteiger partial charge < -0.3 is 9.80 Å². The fourth-order valence-electron chi connectivity index (χ4n) is 11.0. The second kappa shape index (κ2) is 15.3. The molecule has 316 valence electrons. The summed E-state index contributed by atoms with van der Waals surface area (Å²) in [6.07, 6.45) is 0. The van der Waals surface area contributed by atoms with Crippen molar-refractivity contribution in [2.75, 3.05) is 9.80 Å². The molecule has 0 saturated carbocycles. The number of rotatable bonds is 6. The van der Waals surface area contributed by atoms with Gasteiger partial charge in [0.25, 0.3) is 0 Å². The molecule has 0 aromatic heterocycles. The van der Waals surface area contributed by atoms with Gasteiger partial charge in [0.1, 0.15) is 0 Å². The van der Waals surface area contributed by atoms with Crippen molar-refractivity contribution in [3.63, 3.8) is 0 Å². The van der Waals surface area contributed by atoms with E-state index in [2.05, 4.69) is 266 Å². The highest BCUT2D eigenvalue weighted by Crippen LogP contribution is 2.57. The van der Waals surface area contributed by atoms with E-state index in [4.69, 9.17) is 0 Å². The fourth-order valence-corrected chi connectivity index (χ4v) is 11.0. The smallest absolute Gasteiger partial charge is 0.0781 e. The normalized spacial score (nSPS) is 13.0. The number of fused-ring (bicyclic) bond motifs is 10. The van der Waals surface area contributed by atoms with Gasteiger partial charge in [-0.25, -0.2) is 0 Å². The van der Waals surface area contributed by atoms with Gasteiger partial charge >= 0.3 is 0 Å². The van der Waals surface area contributed by atoms with Gasteiger partial charge in [-0.05, 0) is 136 Å². The first-order valence-electron chi connectivity index (χ1n) is 23.3. The van der Waals surface area contributed by atoms with Crippen molar-refractivity contribution in [2.45, 2.75) is 19.3 Å². The van der Waals surface area contributed by atoms with Crippen molar-refractivity contribution in [3.05, 3.63) is 254 Å². The summed E-state index contributed by atoms with van der Waals surface area (Å²) in [5.41, 5.74) is 13.9. The van der Waals surface area contributed by atoms with E-state index >= 15 is 0 Å². The van der Waals surface area contributed by atoms with E-state index in [-0.39, 0.29) is 5.41 Å². The van der Waals surface area contributed by atoms with Crippen molar-refractivity contribution in [1.29, 1.82) is 0 Å². The molecular formula is C65H46N2. The predicted octanol–water partition coefficient (Wildman–Crippen LogP) is 18.4. The van der Waals surface area contributed by atoms with E-state index in [1.54, 1.807) is 0 Å².